The van der Waals surface area contributed by atoms with E-state index >= 15 is 0 Å². The van der Waals surface area contributed by atoms with Crippen LogP contribution in [0.2, 0.25) is 10.0 Å². The standard InChI is InChI=1S/C27H33Cl2N3O3/c28-22-7-4-8-23(29)24(22)25-21(26(35-31-25)16-9-10-16)15-34-20-13-18-11-12-19(14-20)32(18)27(33)30-17-5-2-1-3-6-17/h4,7-8,16-20H,1-3,5-6,9-15H2,(H,30,33). The van der Waals surface area contributed by atoms with Crippen molar-refractivity contribution in [2.24, 2.45) is 0 Å². The fraction of sp³-hybridized carbons (Fsp3) is 0.630. The molecule has 2 aromatic rings. The van der Waals surface area contributed by atoms with Gasteiger partial charge in [0.2, 0.25) is 0 Å². The number of ether oxygens (including phenoxy) is 1. The molecule has 0 radical (unpaired) electrons. The predicted molar refractivity (Wildman–Crippen MR) is 136 cm³/mol. The third-order valence-corrected chi connectivity index (χ3v) is 8.92. The lowest BCUT2D eigenvalue weighted by Gasteiger charge is -2.39. The highest BCUT2D eigenvalue weighted by Gasteiger charge is 2.44. The topological polar surface area (TPSA) is 67.6 Å². The van der Waals surface area contributed by atoms with Crippen LogP contribution in [-0.2, 0) is 11.3 Å². The van der Waals surface area contributed by atoms with Crippen LogP contribution in [0.15, 0.2) is 22.7 Å². The maximum Gasteiger partial charge on any atom is 0.318 e. The van der Waals surface area contributed by atoms with Crippen molar-refractivity contribution >= 4 is 29.2 Å². The monoisotopic (exact) mass is 517 g/mol. The highest BCUT2D eigenvalue weighted by atomic mass is 35.5. The van der Waals surface area contributed by atoms with E-state index < -0.39 is 0 Å². The van der Waals surface area contributed by atoms with Crippen LogP contribution in [0.5, 0.6) is 0 Å². The maximum atomic E-state index is 13.1. The Labute approximate surface area is 216 Å². The summed E-state index contributed by atoms with van der Waals surface area (Å²) in [4.78, 5) is 15.2. The van der Waals surface area contributed by atoms with Crippen LogP contribution >= 0.6 is 23.2 Å². The van der Waals surface area contributed by atoms with Gasteiger partial charge in [0.1, 0.15) is 11.5 Å². The number of benzene rings is 1. The molecule has 2 aliphatic heterocycles. The average Bonchev–Trinajstić information content (AvgIpc) is 3.55. The summed E-state index contributed by atoms with van der Waals surface area (Å²) in [6.45, 7) is 0.421. The van der Waals surface area contributed by atoms with E-state index in [0.717, 1.165) is 62.7 Å². The molecule has 4 fully saturated rings. The largest absolute Gasteiger partial charge is 0.373 e. The lowest BCUT2D eigenvalue weighted by atomic mass is 9.95. The van der Waals surface area contributed by atoms with Crippen LogP contribution < -0.4 is 5.32 Å². The zero-order valence-electron chi connectivity index (χ0n) is 20.0. The smallest absolute Gasteiger partial charge is 0.318 e. The molecule has 1 N–H and O–H groups in total. The zero-order chi connectivity index (χ0) is 23.9. The van der Waals surface area contributed by atoms with E-state index in [-0.39, 0.29) is 24.2 Å². The Hall–Kier alpha value is -1.76. The van der Waals surface area contributed by atoms with Crippen molar-refractivity contribution < 1.29 is 14.1 Å². The number of rotatable bonds is 6. The summed E-state index contributed by atoms with van der Waals surface area (Å²) in [6.07, 6.45) is 12.2. The van der Waals surface area contributed by atoms with Gasteiger partial charge in [0, 0.05) is 35.2 Å². The first kappa shape index (κ1) is 23.6. The lowest BCUT2D eigenvalue weighted by molar-refractivity contribution is -0.0175. The van der Waals surface area contributed by atoms with Crippen molar-refractivity contribution in [2.45, 2.75) is 107 Å². The van der Waals surface area contributed by atoms with Gasteiger partial charge in [-0.1, -0.05) is 53.7 Å². The van der Waals surface area contributed by atoms with Gasteiger partial charge in [-0.25, -0.2) is 4.79 Å². The first-order valence-corrected chi connectivity index (χ1v) is 14.0. The van der Waals surface area contributed by atoms with Crippen LogP contribution in [0.4, 0.5) is 4.79 Å². The second-order valence-corrected chi connectivity index (χ2v) is 11.5. The van der Waals surface area contributed by atoms with E-state index in [4.69, 9.17) is 32.5 Å². The molecule has 3 heterocycles. The van der Waals surface area contributed by atoms with E-state index in [9.17, 15) is 4.79 Å². The molecule has 2 aliphatic carbocycles. The van der Waals surface area contributed by atoms with Crippen LogP contribution in [-0.4, -0.2) is 40.3 Å². The van der Waals surface area contributed by atoms with Gasteiger partial charge in [-0.15, -0.1) is 0 Å². The quantitative estimate of drug-likeness (QED) is 0.444. The van der Waals surface area contributed by atoms with Crippen LogP contribution in [0, 0.1) is 0 Å². The third-order valence-electron chi connectivity index (χ3n) is 8.29. The third kappa shape index (κ3) is 4.82. The second-order valence-electron chi connectivity index (χ2n) is 10.7. The Kier molecular flexibility index (Phi) is 6.72. The molecule has 6 rings (SSSR count). The van der Waals surface area contributed by atoms with Gasteiger partial charge in [0.15, 0.2) is 0 Å². The minimum Gasteiger partial charge on any atom is -0.373 e. The Bertz CT molecular complexity index is 1050. The van der Waals surface area contributed by atoms with Crippen molar-refractivity contribution in [3.8, 4) is 11.3 Å². The zero-order valence-corrected chi connectivity index (χ0v) is 21.5. The van der Waals surface area contributed by atoms with Crippen LogP contribution in [0.1, 0.15) is 87.9 Å². The highest BCUT2D eigenvalue weighted by molar-refractivity contribution is 6.39. The van der Waals surface area contributed by atoms with Gasteiger partial charge in [-0.3, -0.25) is 0 Å². The molecular weight excluding hydrogens is 485 g/mol. The van der Waals surface area contributed by atoms with Gasteiger partial charge in [0.25, 0.3) is 0 Å². The summed E-state index contributed by atoms with van der Waals surface area (Å²) >= 11 is 13.0. The first-order valence-electron chi connectivity index (χ1n) is 13.2. The van der Waals surface area contributed by atoms with Crippen molar-refractivity contribution in [3.05, 3.63) is 39.6 Å². The number of nitrogens with one attached hydrogen (secondary N) is 1. The predicted octanol–water partition coefficient (Wildman–Crippen LogP) is 7.08. The normalized spacial score (nSPS) is 26.8. The number of aromatic nitrogens is 1. The molecule has 0 spiro atoms. The summed E-state index contributed by atoms with van der Waals surface area (Å²) in [5, 5.41) is 8.82. The molecule has 2 saturated heterocycles. The fourth-order valence-electron chi connectivity index (χ4n) is 6.34. The number of halogens is 2. The van der Waals surface area contributed by atoms with E-state index in [1.807, 2.05) is 18.2 Å². The summed E-state index contributed by atoms with van der Waals surface area (Å²) in [6, 6.07) is 6.47. The number of hydrogen-bond donors (Lipinski definition) is 1. The Balaban J connectivity index is 1.14. The first-order chi connectivity index (χ1) is 17.1. The minimum atomic E-state index is 0.114. The molecule has 2 unspecified atom stereocenters. The fourth-order valence-corrected chi connectivity index (χ4v) is 6.92. The van der Waals surface area contributed by atoms with E-state index in [0.29, 0.717) is 39.9 Å². The molecule has 2 bridgehead atoms. The number of amides is 2. The van der Waals surface area contributed by atoms with Crippen molar-refractivity contribution in [3.63, 3.8) is 0 Å². The summed E-state index contributed by atoms with van der Waals surface area (Å²) in [7, 11) is 0. The summed E-state index contributed by atoms with van der Waals surface area (Å²) in [5.41, 5.74) is 2.36. The number of urea groups is 1. The SMILES string of the molecule is O=C(NC1CCCCC1)N1C2CCC1CC(OCc1c(-c3c(Cl)cccc3Cl)noc1C1CC1)C2. The van der Waals surface area contributed by atoms with E-state index in [1.165, 1.54) is 19.3 Å². The molecule has 2 saturated carbocycles. The molecule has 35 heavy (non-hydrogen) atoms. The molecule has 4 aliphatic rings. The van der Waals surface area contributed by atoms with Crippen molar-refractivity contribution in [2.75, 3.05) is 0 Å². The van der Waals surface area contributed by atoms with Gasteiger partial charge in [-0.05, 0) is 63.5 Å². The number of fused-ring (bicyclic) bond motifs is 2. The molecule has 2 atom stereocenters. The average molecular weight is 518 g/mol. The molecule has 6 nitrogen and oxygen atoms in total. The molecule has 188 valence electrons. The number of carbonyl (C=O) groups excluding carboxylic acids is 1. The molecular formula is C27H33Cl2N3O3. The van der Waals surface area contributed by atoms with Gasteiger partial charge < -0.3 is 19.5 Å². The maximum absolute atomic E-state index is 13.1. The second kappa shape index (κ2) is 9.95. The van der Waals surface area contributed by atoms with Crippen molar-refractivity contribution in [1.82, 2.24) is 15.4 Å². The molecule has 1 aromatic heterocycles. The van der Waals surface area contributed by atoms with Crippen molar-refractivity contribution in [1.29, 1.82) is 0 Å². The number of carbonyl (C=O) groups is 1. The molecule has 1 aromatic carbocycles. The number of nitrogens with zero attached hydrogens (tertiary/aromatic N) is 2. The molecule has 8 heteroatoms. The Morgan fingerprint density at radius 3 is 2.37 bits per heavy atom. The Morgan fingerprint density at radius 1 is 1.03 bits per heavy atom. The van der Waals surface area contributed by atoms with Crippen LogP contribution in [0.25, 0.3) is 11.3 Å². The highest BCUT2D eigenvalue weighted by Crippen LogP contribution is 2.46. The summed E-state index contributed by atoms with van der Waals surface area (Å²) in [5.74, 6) is 1.31. The molecule has 2 amide bonds. The van der Waals surface area contributed by atoms with E-state index in [1.54, 1.807) is 0 Å². The lowest BCUT2D eigenvalue weighted by Crippen LogP contribution is -2.54. The Morgan fingerprint density at radius 2 is 1.71 bits per heavy atom. The minimum absolute atomic E-state index is 0.114. The van der Waals surface area contributed by atoms with Crippen LogP contribution in [0.3, 0.4) is 0 Å². The summed E-state index contributed by atoms with van der Waals surface area (Å²) < 4.78 is 12.3. The number of piperidine rings is 1. The number of hydrogen-bond acceptors (Lipinski definition) is 4. The van der Waals surface area contributed by atoms with Gasteiger partial charge in [-0.2, -0.15) is 0 Å². The van der Waals surface area contributed by atoms with Gasteiger partial charge in [0.05, 0.1) is 22.8 Å². The van der Waals surface area contributed by atoms with E-state index in [2.05, 4.69) is 15.4 Å². The van der Waals surface area contributed by atoms with Gasteiger partial charge >= 0.3 is 6.03 Å².